The molecule has 1 saturated heterocycles. The van der Waals surface area contributed by atoms with Gasteiger partial charge in [0, 0.05) is 19.6 Å². The largest absolute Gasteiger partial charge is 0.495 e. The van der Waals surface area contributed by atoms with Gasteiger partial charge in [-0.2, -0.15) is 4.98 Å². The molecule has 3 heterocycles. The molecule has 2 fully saturated rings. The van der Waals surface area contributed by atoms with Gasteiger partial charge in [-0.15, -0.1) is 0 Å². The number of fused-ring (bicyclic) bond motifs is 2. The summed E-state index contributed by atoms with van der Waals surface area (Å²) in [5.74, 6) is 1.58. The van der Waals surface area contributed by atoms with Crippen LogP contribution in [0.1, 0.15) is 47.2 Å². The Morgan fingerprint density at radius 3 is 2.65 bits per heavy atom. The van der Waals surface area contributed by atoms with Gasteiger partial charge in [-0.25, -0.2) is 4.98 Å². The lowest BCUT2D eigenvalue weighted by molar-refractivity contribution is 0.0753. The first-order chi connectivity index (χ1) is 19.3. The maximum atomic E-state index is 13.1. The number of hydrogen-bond acceptors (Lipinski definition) is 8. The molecular formula is C30H35ClN6O3. The minimum atomic E-state index is -0.196. The number of nitrogens with zero attached hydrogens (tertiary/aromatic N) is 5. The Morgan fingerprint density at radius 2 is 1.93 bits per heavy atom. The maximum absolute atomic E-state index is 13.1. The summed E-state index contributed by atoms with van der Waals surface area (Å²) in [6.07, 6.45) is 5.77. The molecule has 1 N–H and O–H groups in total. The number of likely N-dealkylation sites (tertiary alicyclic amines) is 1. The second-order valence-electron chi connectivity index (χ2n) is 11.1. The molecule has 3 aliphatic rings. The van der Waals surface area contributed by atoms with Crippen molar-refractivity contribution in [2.75, 3.05) is 46.7 Å². The van der Waals surface area contributed by atoms with Crippen molar-refractivity contribution in [3.8, 4) is 17.4 Å². The lowest BCUT2D eigenvalue weighted by Gasteiger charge is -2.35. The number of hydrogen-bond donors (Lipinski definition) is 1. The van der Waals surface area contributed by atoms with E-state index in [1.165, 1.54) is 24.6 Å². The lowest BCUT2D eigenvalue weighted by atomic mass is 10.0. The van der Waals surface area contributed by atoms with E-state index in [-0.39, 0.29) is 22.3 Å². The average molecular weight is 563 g/mol. The number of methoxy groups -OCH3 is 1. The van der Waals surface area contributed by atoms with Crippen molar-refractivity contribution in [2.45, 2.75) is 43.8 Å². The maximum Gasteiger partial charge on any atom is 0.258 e. The van der Waals surface area contributed by atoms with Crippen LogP contribution in [0.5, 0.6) is 17.4 Å². The fourth-order valence-electron chi connectivity index (χ4n) is 5.99. The van der Waals surface area contributed by atoms with Crippen molar-refractivity contribution >= 4 is 29.1 Å². The highest BCUT2D eigenvalue weighted by molar-refractivity contribution is 6.31. The molecule has 9 nitrogen and oxygen atoms in total. The van der Waals surface area contributed by atoms with Gasteiger partial charge in [0.15, 0.2) is 0 Å². The van der Waals surface area contributed by atoms with Crippen LogP contribution in [-0.4, -0.2) is 78.0 Å². The SMILES string of the molecule is COc1cc(CN(C)C2CCN(C)CC2)ccc1Nc1ncc(Cl)c(Oc2cccc3c2C(=O)N(C)C32CC2)n1. The van der Waals surface area contributed by atoms with Gasteiger partial charge >= 0.3 is 0 Å². The zero-order valence-corrected chi connectivity index (χ0v) is 24.2. The second kappa shape index (κ2) is 10.5. The van der Waals surface area contributed by atoms with E-state index in [2.05, 4.69) is 45.2 Å². The van der Waals surface area contributed by atoms with Crippen LogP contribution in [0.3, 0.4) is 0 Å². The van der Waals surface area contributed by atoms with Crippen LogP contribution in [0, 0.1) is 0 Å². The quantitative estimate of drug-likeness (QED) is 0.397. The molecule has 0 unspecified atom stereocenters. The normalized spacial score (nSPS) is 18.4. The zero-order chi connectivity index (χ0) is 28.0. The topological polar surface area (TPSA) is 83.1 Å². The van der Waals surface area contributed by atoms with Crippen LogP contribution in [0.4, 0.5) is 11.6 Å². The molecule has 2 aromatic carbocycles. The van der Waals surface area contributed by atoms with Crippen LogP contribution < -0.4 is 14.8 Å². The molecule has 3 aromatic rings. The lowest BCUT2D eigenvalue weighted by Crippen LogP contribution is -2.41. The fourth-order valence-corrected chi connectivity index (χ4v) is 6.12. The number of anilines is 2. The van der Waals surface area contributed by atoms with Crippen molar-refractivity contribution < 1.29 is 14.3 Å². The smallest absolute Gasteiger partial charge is 0.258 e. The Morgan fingerprint density at radius 1 is 1.15 bits per heavy atom. The number of piperidine rings is 1. The van der Waals surface area contributed by atoms with Gasteiger partial charge in [0.2, 0.25) is 11.8 Å². The highest BCUT2D eigenvalue weighted by Crippen LogP contribution is 2.57. The second-order valence-corrected chi connectivity index (χ2v) is 11.5. The number of benzene rings is 2. The first-order valence-corrected chi connectivity index (χ1v) is 14.1. The first-order valence-electron chi connectivity index (χ1n) is 13.7. The standard InChI is InChI=1S/C30H35ClN6O3/c1-35-14-10-20(11-15-35)36(2)18-19-8-9-23(25(16-19)39-4)33-29-32-17-22(31)27(34-29)40-24-7-5-6-21-26(24)28(38)37(3)30(21)12-13-30/h5-9,16-17,20H,10-15,18H2,1-4H3,(H,32,33,34). The molecule has 1 saturated carbocycles. The summed E-state index contributed by atoms with van der Waals surface area (Å²) in [6, 6.07) is 12.4. The van der Waals surface area contributed by atoms with Crippen molar-refractivity contribution in [1.82, 2.24) is 24.7 Å². The van der Waals surface area contributed by atoms with E-state index in [1.54, 1.807) is 13.2 Å². The Balaban J connectivity index is 1.19. The average Bonchev–Trinajstić information content (AvgIpc) is 3.73. The highest BCUT2D eigenvalue weighted by atomic mass is 35.5. The number of carbonyl (C=O) groups excluding carboxylic acids is 1. The van der Waals surface area contributed by atoms with Crippen LogP contribution >= 0.6 is 11.6 Å². The van der Waals surface area contributed by atoms with E-state index >= 15 is 0 Å². The molecule has 0 bridgehead atoms. The van der Waals surface area contributed by atoms with Crippen molar-refractivity contribution in [2.24, 2.45) is 0 Å². The summed E-state index contributed by atoms with van der Waals surface area (Å²) < 4.78 is 11.8. The number of amides is 1. The van der Waals surface area contributed by atoms with Gasteiger partial charge in [0.25, 0.3) is 5.91 Å². The summed E-state index contributed by atoms with van der Waals surface area (Å²) in [5, 5.41) is 3.49. The Kier molecular flexibility index (Phi) is 7.06. The van der Waals surface area contributed by atoms with Gasteiger partial charge < -0.3 is 24.6 Å². The van der Waals surface area contributed by atoms with Gasteiger partial charge in [0.05, 0.1) is 30.1 Å². The van der Waals surface area contributed by atoms with E-state index in [9.17, 15) is 4.79 Å². The molecule has 0 radical (unpaired) electrons. The minimum absolute atomic E-state index is 0.0436. The van der Waals surface area contributed by atoms with Crippen molar-refractivity contribution in [3.63, 3.8) is 0 Å². The summed E-state index contributed by atoms with van der Waals surface area (Å²) in [5.41, 5.74) is 3.29. The van der Waals surface area contributed by atoms with Crippen LogP contribution in [0.15, 0.2) is 42.6 Å². The molecule has 1 aliphatic carbocycles. The van der Waals surface area contributed by atoms with Gasteiger partial charge in [0.1, 0.15) is 16.5 Å². The number of aromatic nitrogens is 2. The fraction of sp³-hybridized carbons (Fsp3) is 0.433. The number of rotatable bonds is 8. The van der Waals surface area contributed by atoms with E-state index in [4.69, 9.17) is 21.1 Å². The van der Waals surface area contributed by atoms with Gasteiger partial charge in [-0.1, -0.05) is 29.8 Å². The number of carbonyl (C=O) groups is 1. The molecule has 1 aromatic heterocycles. The van der Waals surface area contributed by atoms with Crippen molar-refractivity contribution in [1.29, 1.82) is 0 Å². The van der Waals surface area contributed by atoms with Gasteiger partial charge in [-0.3, -0.25) is 9.69 Å². The molecule has 10 heteroatoms. The predicted molar refractivity (Wildman–Crippen MR) is 155 cm³/mol. The van der Waals surface area contributed by atoms with Crippen molar-refractivity contribution in [3.05, 3.63) is 64.3 Å². The van der Waals surface area contributed by atoms with Crippen LogP contribution in [0.25, 0.3) is 0 Å². The third-order valence-corrected chi connectivity index (χ3v) is 8.85. The number of nitrogens with one attached hydrogen (secondary N) is 1. The first kappa shape index (κ1) is 26.8. The summed E-state index contributed by atoms with van der Waals surface area (Å²) in [6.45, 7) is 3.11. The molecule has 6 rings (SSSR count). The number of halogens is 1. The van der Waals surface area contributed by atoms with E-state index < -0.39 is 0 Å². The molecule has 1 amide bonds. The summed E-state index contributed by atoms with van der Waals surface area (Å²) >= 11 is 6.43. The molecule has 40 heavy (non-hydrogen) atoms. The molecule has 0 atom stereocenters. The van der Waals surface area contributed by atoms with E-state index in [0.29, 0.717) is 29.1 Å². The highest BCUT2D eigenvalue weighted by Gasteiger charge is 2.57. The zero-order valence-electron chi connectivity index (χ0n) is 23.4. The van der Waals surface area contributed by atoms with E-state index in [0.717, 1.165) is 43.7 Å². The molecule has 210 valence electrons. The summed E-state index contributed by atoms with van der Waals surface area (Å²) in [4.78, 5) is 28.6. The molecule has 2 aliphatic heterocycles. The summed E-state index contributed by atoms with van der Waals surface area (Å²) in [7, 11) is 7.88. The third kappa shape index (κ3) is 4.87. The van der Waals surface area contributed by atoms with Crippen LogP contribution in [0.2, 0.25) is 5.02 Å². The Bertz CT molecular complexity index is 1440. The van der Waals surface area contributed by atoms with E-state index in [1.807, 2.05) is 36.2 Å². The predicted octanol–water partition coefficient (Wildman–Crippen LogP) is 5.28. The molecular weight excluding hydrogens is 528 g/mol. The number of ether oxygens (including phenoxy) is 2. The van der Waals surface area contributed by atoms with Crippen LogP contribution in [-0.2, 0) is 12.1 Å². The third-order valence-electron chi connectivity index (χ3n) is 8.59. The Hall–Kier alpha value is -3.40. The minimum Gasteiger partial charge on any atom is -0.495 e. The Labute approximate surface area is 240 Å². The monoisotopic (exact) mass is 562 g/mol. The molecule has 1 spiro atoms. The van der Waals surface area contributed by atoms with Gasteiger partial charge in [-0.05, 0) is 82.2 Å².